The topological polar surface area (TPSA) is 124 Å². The summed E-state index contributed by atoms with van der Waals surface area (Å²) in [4.78, 5) is 27.3. The third kappa shape index (κ3) is 8.51. The summed E-state index contributed by atoms with van der Waals surface area (Å²) in [6, 6.07) is 0. The Labute approximate surface area is 344 Å². The Balaban J connectivity index is 1.10. The molecule has 3 aliphatic carbocycles. The summed E-state index contributed by atoms with van der Waals surface area (Å²) in [5, 5.41) is 25.0. The molecule has 3 bridgehead atoms. The number of aliphatic hydroxyl groups excluding tert-OH is 1. The first-order chi connectivity index (χ1) is 27.4. The number of hydrogen-bond acceptors (Lipinski definition) is 9. The van der Waals surface area contributed by atoms with Crippen LogP contribution in [-0.2, 0) is 33.3 Å². The number of epoxide rings is 1. The van der Waals surface area contributed by atoms with Gasteiger partial charge in [0.2, 0.25) is 0 Å². The van der Waals surface area contributed by atoms with E-state index < -0.39 is 64.3 Å². The lowest BCUT2D eigenvalue weighted by Crippen LogP contribution is -2.72. The van der Waals surface area contributed by atoms with Crippen LogP contribution in [0.3, 0.4) is 0 Å². The van der Waals surface area contributed by atoms with Crippen LogP contribution in [0.25, 0.3) is 0 Å². The van der Waals surface area contributed by atoms with Crippen molar-refractivity contribution in [3.8, 4) is 0 Å². The molecule has 324 valence electrons. The summed E-state index contributed by atoms with van der Waals surface area (Å²) in [6.45, 7) is 14.4. The van der Waals surface area contributed by atoms with Crippen molar-refractivity contribution in [2.24, 2.45) is 17.8 Å². The fourth-order valence-corrected chi connectivity index (χ4v) is 11.7. The van der Waals surface area contributed by atoms with Crippen LogP contribution in [-0.4, -0.2) is 75.3 Å². The third-order valence-electron chi connectivity index (χ3n) is 15.0. The van der Waals surface area contributed by atoms with Crippen LogP contribution in [0, 0.1) is 17.8 Å². The Morgan fingerprint density at radius 1 is 0.807 bits per heavy atom. The van der Waals surface area contributed by atoms with E-state index in [1.807, 2.05) is 6.92 Å². The van der Waals surface area contributed by atoms with Crippen LogP contribution in [0.4, 0.5) is 0 Å². The van der Waals surface area contributed by atoms with E-state index in [0.29, 0.717) is 18.4 Å². The fraction of sp³-hybridized carbons (Fsp3) is 0.875. The Morgan fingerprint density at radius 3 is 1.88 bits per heavy atom. The standard InChI is InChI=1S/C48H78O9/c1-7-9-11-13-15-17-18-19-20-21-23-25-27-29-38(49)53-33-45-42(54-45)39-41-44(34(3)4)32-36(6)48(39,37-31-35(5)40(50)47(37,52)43(45)51)57-46(55-41,56-44)30-28-26-24-22-16-14-12-10-8-2/h31,36-37,39,41-43,51-52H,3,7-30,32-33H2,1-2,4-6H3. The highest BCUT2D eigenvalue weighted by molar-refractivity contribution is 6.05. The summed E-state index contributed by atoms with van der Waals surface area (Å²) < 4.78 is 33.6. The zero-order chi connectivity index (χ0) is 40.9. The molecule has 3 heterocycles. The van der Waals surface area contributed by atoms with Gasteiger partial charge < -0.3 is 33.9 Å². The van der Waals surface area contributed by atoms with E-state index >= 15 is 0 Å². The Hall–Kier alpha value is -1.62. The lowest BCUT2D eigenvalue weighted by molar-refractivity contribution is -0.430. The first-order valence-electron chi connectivity index (χ1n) is 23.6. The molecule has 6 rings (SSSR count). The number of hydrogen-bond donors (Lipinski definition) is 2. The Kier molecular flexibility index (Phi) is 14.9. The first-order valence-corrected chi connectivity index (χ1v) is 23.6. The van der Waals surface area contributed by atoms with Gasteiger partial charge in [-0.2, -0.15) is 0 Å². The van der Waals surface area contributed by atoms with Crippen LogP contribution < -0.4 is 0 Å². The van der Waals surface area contributed by atoms with Gasteiger partial charge in [-0.3, -0.25) is 9.59 Å². The monoisotopic (exact) mass is 799 g/mol. The maximum absolute atomic E-state index is 14.1. The molecular weight excluding hydrogens is 721 g/mol. The van der Waals surface area contributed by atoms with E-state index in [9.17, 15) is 19.8 Å². The first kappa shape index (κ1) is 44.9. The van der Waals surface area contributed by atoms with Gasteiger partial charge in [-0.15, -0.1) is 0 Å². The number of fused-ring (bicyclic) bond motifs is 3. The van der Waals surface area contributed by atoms with Crippen LogP contribution >= 0.6 is 0 Å². The number of carbonyl (C=O) groups is 2. The van der Waals surface area contributed by atoms with Crippen LogP contribution in [0.2, 0.25) is 0 Å². The van der Waals surface area contributed by atoms with Crippen molar-refractivity contribution in [1.82, 2.24) is 0 Å². The van der Waals surface area contributed by atoms with Crippen molar-refractivity contribution in [2.45, 2.75) is 242 Å². The van der Waals surface area contributed by atoms with Crippen molar-refractivity contribution in [2.75, 3.05) is 6.61 Å². The summed E-state index contributed by atoms with van der Waals surface area (Å²) in [7, 11) is 0. The zero-order valence-corrected chi connectivity index (χ0v) is 36.4. The second kappa shape index (κ2) is 19.0. The molecule has 9 heteroatoms. The van der Waals surface area contributed by atoms with Crippen LogP contribution in [0.5, 0.6) is 0 Å². The molecule has 3 aliphatic heterocycles. The van der Waals surface area contributed by atoms with Crippen molar-refractivity contribution in [3.05, 3.63) is 23.8 Å². The van der Waals surface area contributed by atoms with Gasteiger partial charge in [0.05, 0.1) is 5.60 Å². The minimum atomic E-state index is -2.23. The molecule has 57 heavy (non-hydrogen) atoms. The smallest absolute Gasteiger partial charge is 0.305 e. The summed E-state index contributed by atoms with van der Waals surface area (Å²) in [6.07, 6.45) is 26.6. The molecular formula is C48H78O9. The fourth-order valence-electron chi connectivity index (χ4n) is 11.7. The quantitative estimate of drug-likeness (QED) is 0.0362. The van der Waals surface area contributed by atoms with Gasteiger partial charge in [-0.1, -0.05) is 162 Å². The molecule has 0 spiro atoms. The number of aliphatic hydroxyl groups is 2. The number of rotatable bonds is 27. The molecule has 6 aliphatic rings. The normalized spacial score (nSPS) is 38.4. The number of Topliss-reactive ketones (excluding diaryl/α,β-unsaturated/α-hetero) is 1. The van der Waals surface area contributed by atoms with E-state index in [0.717, 1.165) is 44.1 Å². The van der Waals surface area contributed by atoms with E-state index in [4.69, 9.17) is 23.7 Å². The zero-order valence-electron chi connectivity index (χ0n) is 36.4. The van der Waals surface area contributed by atoms with Gasteiger partial charge in [0.1, 0.15) is 30.5 Å². The van der Waals surface area contributed by atoms with Gasteiger partial charge >= 0.3 is 5.97 Å². The molecule has 0 aromatic rings. The van der Waals surface area contributed by atoms with E-state index in [2.05, 4.69) is 27.4 Å². The molecule has 0 amide bonds. The second-order valence-electron chi connectivity index (χ2n) is 19.2. The van der Waals surface area contributed by atoms with Gasteiger partial charge in [-0.05, 0) is 50.2 Å². The number of unbranched alkanes of at least 4 members (excludes halogenated alkanes) is 20. The van der Waals surface area contributed by atoms with E-state index in [-0.39, 0.29) is 24.9 Å². The molecule has 5 fully saturated rings. The minimum absolute atomic E-state index is 0.221. The van der Waals surface area contributed by atoms with E-state index in [1.54, 1.807) is 13.0 Å². The molecule has 0 aromatic carbocycles. The molecule has 11 atom stereocenters. The lowest BCUT2D eigenvalue weighted by Gasteiger charge is -2.59. The Morgan fingerprint density at radius 2 is 1.33 bits per heavy atom. The molecule has 3 saturated heterocycles. The second-order valence-corrected chi connectivity index (χ2v) is 19.2. The maximum atomic E-state index is 14.1. The van der Waals surface area contributed by atoms with Crippen molar-refractivity contribution < 1.29 is 43.5 Å². The molecule has 11 unspecified atom stereocenters. The lowest BCUT2D eigenvalue weighted by atomic mass is 9.54. The summed E-state index contributed by atoms with van der Waals surface area (Å²) >= 11 is 0. The van der Waals surface area contributed by atoms with Crippen molar-refractivity contribution >= 4 is 11.8 Å². The number of carbonyl (C=O) groups excluding carboxylic acids is 2. The van der Waals surface area contributed by atoms with Crippen molar-refractivity contribution in [3.63, 3.8) is 0 Å². The molecule has 0 aromatic heterocycles. The molecule has 2 saturated carbocycles. The number of ketones is 1. The predicted octanol–water partition coefficient (Wildman–Crippen LogP) is 10.1. The third-order valence-corrected chi connectivity index (χ3v) is 15.0. The molecule has 2 N–H and O–H groups in total. The van der Waals surface area contributed by atoms with E-state index in [1.165, 1.54) is 103 Å². The number of ether oxygens (including phenoxy) is 5. The largest absolute Gasteiger partial charge is 0.462 e. The molecule has 0 radical (unpaired) electrons. The van der Waals surface area contributed by atoms with Gasteiger partial charge in [0.25, 0.3) is 5.97 Å². The highest BCUT2D eigenvalue weighted by Crippen LogP contribution is 2.73. The average molecular weight is 799 g/mol. The Bertz CT molecular complexity index is 1430. The van der Waals surface area contributed by atoms with Crippen LogP contribution in [0.15, 0.2) is 23.8 Å². The SMILES string of the molecule is C=C(C)C12CC(C)C34OC(CCCCCCCCCCC)(OC1C3C1OC1(COC(=O)CCCCCCCCCCCCCCC)C(O)C1(O)C(=O)C(C)=CC14)O2. The summed E-state index contributed by atoms with van der Waals surface area (Å²) in [5.41, 5.74) is -4.55. The average Bonchev–Trinajstić information content (AvgIpc) is 3.81. The van der Waals surface area contributed by atoms with Crippen LogP contribution in [0.1, 0.15) is 195 Å². The highest BCUT2D eigenvalue weighted by Gasteiger charge is 2.88. The predicted molar refractivity (Wildman–Crippen MR) is 221 cm³/mol. The molecule has 9 nitrogen and oxygen atoms in total. The number of esters is 1. The van der Waals surface area contributed by atoms with Crippen molar-refractivity contribution in [1.29, 1.82) is 0 Å². The van der Waals surface area contributed by atoms with Gasteiger partial charge in [0, 0.05) is 24.7 Å². The maximum Gasteiger partial charge on any atom is 0.305 e. The van der Waals surface area contributed by atoms with Gasteiger partial charge in [-0.25, -0.2) is 0 Å². The minimum Gasteiger partial charge on any atom is -0.462 e. The highest BCUT2D eigenvalue weighted by atomic mass is 16.9. The summed E-state index contributed by atoms with van der Waals surface area (Å²) in [5.74, 6) is -3.91. The van der Waals surface area contributed by atoms with Gasteiger partial charge in [0.15, 0.2) is 17.0 Å².